The summed E-state index contributed by atoms with van der Waals surface area (Å²) in [6, 6.07) is 3.84. The molecule has 1 aromatic rings. The lowest BCUT2D eigenvalue weighted by molar-refractivity contribution is -0.122. The van der Waals surface area contributed by atoms with Crippen molar-refractivity contribution < 1.29 is 9.21 Å². The molecule has 1 aliphatic heterocycles. The van der Waals surface area contributed by atoms with Crippen molar-refractivity contribution in [1.29, 1.82) is 0 Å². The molecule has 0 aromatic carbocycles. The van der Waals surface area contributed by atoms with Crippen molar-refractivity contribution in [3.05, 3.63) is 24.2 Å². The Labute approximate surface area is 107 Å². The summed E-state index contributed by atoms with van der Waals surface area (Å²) in [6.07, 6.45) is 2.67. The van der Waals surface area contributed by atoms with E-state index in [-0.39, 0.29) is 11.9 Å². The van der Waals surface area contributed by atoms with Crippen LogP contribution < -0.4 is 11.1 Å². The van der Waals surface area contributed by atoms with Crippen molar-refractivity contribution in [1.82, 2.24) is 10.2 Å². The molecule has 1 saturated heterocycles. The smallest absolute Gasteiger partial charge is 0.234 e. The third kappa shape index (κ3) is 3.58. The molecule has 2 atom stereocenters. The number of nitrogens with zero attached hydrogens (tertiary/aromatic N) is 1. The van der Waals surface area contributed by atoms with Crippen molar-refractivity contribution in [3.63, 3.8) is 0 Å². The molecule has 1 aliphatic rings. The topological polar surface area (TPSA) is 71.5 Å². The second kappa shape index (κ2) is 6.02. The number of piperidine rings is 1. The number of rotatable bonds is 4. The van der Waals surface area contributed by atoms with E-state index in [2.05, 4.69) is 17.1 Å². The van der Waals surface area contributed by atoms with Crippen molar-refractivity contribution in [3.8, 4) is 0 Å². The maximum absolute atomic E-state index is 11.8. The Kier molecular flexibility index (Phi) is 4.38. The molecule has 0 radical (unpaired) electrons. The van der Waals surface area contributed by atoms with Crippen molar-refractivity contribution in [2.24, 2.45) is 11.7 Å². The molecule has 5 nitrogen and oxygen atoms in total. The Balaban J connectivity index is 1.71. The summed E-state index contributed by atoms with van der Waals surface area (Å²) >= 11 is 0. The molecular weight excluding hydrogens is 230 g/mol. The van der Waals surface area contributed by atoms with Crippen LogP contribution in [0.15, 0.2) is 22.8 Å². The predicted octanol–water partition coefficient (Wildman–Crippen LogP) is 0.565. The van der Waals surface area contributed by atoms with E-state index in [0.29, 0.717) is 19.0 Å². The second-order valence-electron chi connectivity index (χ2n) is 5.02. The van der Waals surface area contributed by atoms with E-state index in [9.17, 15) is 4.79 Å². The van der Waals surface area contributed by atoms with Gasteiger partial charge in [0.15, 0.2) is 0 Å². The van der Waals surface area contributed by atoms with Gasteiger partial charge in [0.1, 0.15) is 5.76 Å². The third-order valence-electron chi connectivity index (χ3n) is 3.51. The monoisotopic (exact) mass is 251 g/mol. The van der Waals surface area contributed by atoms with E-state index in [1.54, 1.807) is 6.26 Å². The van der Waals surface area contributed by atoms with Crippen LogP contribution in [-0.2, 0) is 11.3 Å². The van der Waals surface area contributed by atoms with Crippen LogP contribution in [-0.4, -0.2) is 36.5 Å². The maximum atomic E-state index is 11.8. The second-order valence-corrected chi connectivity index (χ2v) is 5.02. The van der Waals surface area contributed by atoms with Gasteiger partial charge in [0.25, 0.3) is 0 Å². The minimum absolute atomic E-state index is 0.0214. The number of amides is 1. The number of hydrogen-bond donors (Lipinski definition) is 2. The SMILES string of the molecule is CC1CCN(CC(=O)NCc2ccco2)CC1N. The maximum Gasteiger partial charge on any atom is 0.234 e. The highest BCUT2D eigenvalue weighted by molar-refractivity contribution is 5.77. The van der Waals surface area contributed by atoms with Gasteiger partial charge in [-0.2, -0.15) is 0 Å². The van der Waals surface area contributed by atoms with Crippen LogP contribution >= 0.6 is 0 Å². The highest BCUT2D eigenvalue weighted by atomic mass is 16.3. The number of nitrogens with two attached hydrogens (primary N) is 1. The minimum Gasteiger partial charge on any atom is -0.467 e. The van der Waals surface area contributed by atoms with Gasteiger partial charge in [0, 0.05) is 12.6 Å². The average Bonchev–Trinajstić information content (AvgIpc) is 2.84. The van der Waals surface area contributed by atoms with E-state index >= 15 is 0 Å². The first kappa shape index (κ1) is 13.1. The van der Waals surface area contributed by atoms with Crippen LogP contribution in [0.25, 0.3) is 0 Å². The number of carbonyl (C=O) groups excluding carboxylic acids is 1. The zero-order valence-corrected chi connectivity index (χ0v) is 10.8. The Morgan fingerprint density at radius 1 is 1.67 bits per heavy atom. The predicted molar refractivity (Wildman–Crippen MR) is 68.8 cm³/mol. The molecule has 100 valence electrons. The molecule has 2 rings (SSSR count). The normalized spacial score (nSPS) is 25.0. The zero-order valence-electron chi connectivity index (χ0n) is 10.8. The van der Waals surface area contributed by atoms with Gasteiger partial charge in [0.05, 0.1) is 19.4 Å². The Morgan fingerprint density at radius 3 is 3.17 bits per heavy atom. The number of furan rings is 1. The Bertz CT molecular complexity index is 378. The molecule has 5 heteroatoms. The molecule has 1 fully saturated rings. The molecule has 0 spiro atoms. The molecule has 0 aliphatic carbocycles. The largest absolute Gasteiger partial charge is 0.467 e. The number of likely N-dealkylation sites (tertiary alicyclic amines) is 1. The van der Waals surface area contributed by atoms with Crippen LogP contribution in [0.2, 0.25) is 0 Å². The fraction of sp³-hybridized carbons (Fsp3) is 0.615. The van der Waals surface area contributed by atoms with Gasteiger partial charge in [-0.3, -0.25) is 9.69 Å². The van der Waals surface area contributed by atoms with E-state index in [1.807, 2.05) is 12.1 Å². The number of hydrogen-bond acceptors (Lipinski definition) is 4. The minimum atomic E-state index is 0.0214. The standard InChI is InChI=1S/C13H21N3O2/c1-10-4-5-16(8-12(10)14)9-13(17)15-7-11-3-2-6-18-11/h2-3,6,10,12H,4-5,7-9,14H2,1H3,(H,15,17). The fourth-order valence-electron chi connectivity index (χ4n) is 2.17. The third-order valence-corrected chi connectivity index (χ3v) is 3.51. The summed E-state index contributed by atoms with van der Waals surface area (Å²) < 4.78 is 5.16. The lowest BCUT2D eigenvalue weighted by Crippen LogP contribution is -2.50. The van der Waals surface area contributed by atoms with Crippen molar-refractivity contribution in [2.45, 2.75) is 25.9 Å². The summed E-state index contributed by atoms with van der Waals surface area (Å²) in [5, 5.41) is 2.84. The number of nitrogens with one attached hydrogen (secondary N) is 1. The fourth-order valence-corrected chi connectivity index (χ4v) is 2.17. The van der Waals surface area contributed by atoms with E-state index in [1.165, 1.54) is 0 Å². The molecule has 2 unspecified atom stereocenters. The lowest BCUT2D eigenvalue weighted by Gasteiger charge is -2.34. The van der Waals surface area contributed by atoms with Gasteiger partial charge in [0.2, 0.25) is 5.91 Å². The summed E-state index contributed by atoms with van der Waals surface area (Å²) in [4.78, 5) is 13.9. The van der Waals surface area contributed by atoms with Gasteiger partial charge >= 0.3 is 0 Å². The first-order valence-corrected chi connectivity index (χ1v) is 6.42. The van der Waals surface area contributed by atoms with Gasteiger partial charge in [-0.25, -0.2) is 0 Å². The van der Waals surface area contributed by atoms with E-state index in [4.69, 9.17) is 10.2 Å². The summed E-state index contributed by atoms with van der Waals surface area (Å²) in [5.74, 6) is 1.34. The van der Waals surface area contributed by atoms with Gasteiger partial charge in [-0.05, 0) is 31.0 Å². The van der Waals surface area contributed by atoms with Crippen molar-refractivity contribution in [2.75, 3.05) is 19.6 Å². The zero-order chi connectivity index (χ0) is 13.0. The summed E-state index contributed by atoms with van der Waals surface area (Å²) in [6.45, 7) is 4.78. The Morgan fingerprint density at radius 2 is 2.50 bits per heavy atom. The Hall–Kier alpha value is -1.33. The summed E-state index contributed by atoms with van der Waals surface area (Å²) in [5.41, 5.74) is 6.01. The first-order chi connectivity index (χ1) is 8.65. The molecular formula is C13H21N3O2. The quantitative estimate of drug-likeness (QED) is 0.820. The molecule has 18 heavy (non-hydrogen) atoms. The molecule has 3 N–H and O–H groups in total. The molecule has 2 heterocycles. The van der Waals surface area contributed by atoms with Gasteiger partial charge in [-0.1, -0.05) is 6.92 Å². The average molecular weight is 251 g/mol. The van der Waals surface area contributed by atoms with Crippen LogP contribution in [0.4, 0.5) is 0 Å². The molecule has 1 aromatic heterocycles. The van der Waals surface area contributed by atoms with Gasteiger partial charge in [-0.15, -0.1) is 0 Å². The molecule has 1 amide bonds. The van der Waals surface area contributed by atoms with Crippen LogP contribution in [0.3, 0.4) is 0 Å². The first-order valence-electron chi connectivity index (χ1n) is 6.42. The number of carbonyl (C=O) groups is 1. The van der Waals surface area contributed by atoms with Crippen LogP contribution in [0, 0.1) is 5.92 Å². The molecule has 0 bridgehead atoms. The van der Waals surface area contributed by atoms with E-state index in [0.717, 1.165) is 25.3 Å². The lowest BCUT2D eigenvalue weighted by atomic mass is 9.94. The van der Waals surface area contributed by atoms with Crippen LogP contribution in [0.1, 0.15) is 19.1 Å². The van der Waals surface area contributed by atoms with Crippen molar-refractivity contribution >= 4 is 5.91 Å². The molecule has 0 saturated carbocycles. The van der Waals surface area contributed by atoms with Crippen LogP contribution in [0.5, 0.6) is 0 Å². The summed E-state index contributed by atoms with van der Waals surface area (Å²) in [7, 11) is 0. The van der Waals surface area contributed by atoms with E-state index < -0.39 is 0 Å². The highest BCUT2D eigenvalue weighted by Gasteiger charge is 2.24. The highest BCUT2D eigenvalue weighted by Crippen LogP contribution is 2.14. The van der Waals surface area contributed by atoms with Gasteiger partial charge < -0.3 is 15.5 Å².